The predicted molar refractivity (Wildman–Crippen MR) is 107 cm³/mol. The number of rotatable bonds is 5. The lowest BCUT2D eigenvalue weighted by Crippen LogP contribution is -2.53. The van der Waals surface area contributed by atoms with Gasteiger partial charge in [-0.15, -0.1) is 0 Å². The number of alkyl halides is 3. The maximum absolute atomic E-state index is 13.0. The fourth-order valence-corrected chi connectivity index (χ4v) is 3.27. The number of hydrogen-bond acceptors (Lipinski definition) is 3. The maximum Gasteiger partial charge on any atom is 0.416 e. The smallest absolute Gasteiger partial charge is 0.416 e. The van der Waals surface area contributed by atoms with Gasteiger partial charge in [-0.2, -0.15) is 13.2 Å². The fourth-order valence-electron chi connectivity index (χ4n) is 3.27. The summed E-state index contributed by atoms with van der Waals surface area (Å²) >= 11 is 0. The van der Waals surface area contributed by atoms with Crippen LogP contribution < -0.4 is 5.32 Å². The number of benzene rings is 1. The normalized spacial score (nSPS) is 15.4. The number of amides is 1. The first-order valence-electron chi connectivity index (χ1n) is 9.80. The van der Waals surface area contributed by atoms with E-state index in [0.717, 1.165) is 17.9 Å². The highest BCUT2D eigenvalue weighted by Crippen LogP contribution is 2.29. The lowest BCUT2D eigenvalue weighted by Gasteiger charge is -2.36. The maximum atomic E-state index is 13.0. The van der Waals surface area contributed by atoms with E-state index in [1.54, 1.807) is 24.2 Å². The van der Waals surface area contributed by atoms with Gasteiger partial charge in [-0.3, -0.25) is 4.79 Å². The summed E-state index contributed by atoms with van der Waals surface area (Å²) in [5.74, 6) is 1.48. The SMILES string of the molecule is CC(=O)N1CCN(C(=NCc2cccc(C(F)(F)F)c2)NCCc2ccco2)CC1. The van der Waals surface area contributed by atoms with Crippen molar-refractivity contribution in [2.24, 2.45) is 4.99 Å². The van der Waals surface area contributed by atoms with Crippen molar-refractivity contribution >= 4 is 11.9 Å². The molecule has 0 radical (unpaired) electrons. The molecule has 30 heavy (non-hydrogen) atoms. The molecule has 0 unspecified atom stereocenters. The van der Waals surface area contributed by atoms with Gasteiger partial charge in [0.1, 0.15) is 5.76 Å². The highest BCUT2D eigenvalue weighted by molar-refractivity contribution is 5.80. The van der Waals surface area contributed by atoms with Crippen LogP contribution in [0.2, 0.25) is 0 Å². The number of hydrogen-bond donors (Lipinski definition) is 1. The summed E-state index contributed by atoms with van der Waals surface area (Å²) in [6, 6.07) is 8.90. The van der Waals surface area contributed by atoms with Gasteiger partial charge in [-0.25, -0.2) is 4.99 Å². The second-order valence-corrected chi connectivity index (χ2v) is 7.09. The Hall–Kier alpha value is -2.97. The Morgan fingerprint density at radius 1 is 1.13 bits per heavy atom. The number of furan rings is 1. The molecule has 1 aliphatic rings. The average molecular weight is 422 g/mol. The standard InChI is InChI=1S/C21H25F3N4O2/c1-16(29)27-9-11-28(12-10-27)20(25-8-7-19-6-3-13-30-19)26-15-17-4-2-5-18(14-17)21(22,23)24/h2-6,13-14H,7-12,15H2,1H3,(H,25,26). The third kappa shape index (κ3) is 6.01. The van der Waals surface area contributed by atoms with Crippen LogP contribution in [0.25, 0.3) is 0 Å². The van der Waals surface area contributed by atoms with Crippen molar-refractivity contribution in [1.29, 1.82) is 0 Å². The monoisotopic (exact) mass is 422 g/mol. The molecule has 2 aromatic rings. The number of nitrogens with one attached hydrogen (secondary N) is 1. The zero-order valence-corrected chi connectivity index (χ0v) is 16.8. The van der Waals surface area contributed by atoms with Gasteiger partial charge in [0.05, 0.1) is 18.4 Å². The molecule has 1 aromatic heterocycles. The molecule has 2 heterocycles. The topological polar surface area (TPSA) is 61.1 Å². The Bertz CT molecular complexity index is 857. The molecule has 1 saturated heterocycles. The van der Waals surface area contributed by atoms with E-state index in [4.69, 9.17) is 4.42 Å². The molecule has 1 amide bonds. The molecule has 0 bridgehead atoms. The van der Waals surface area contributed by atoms with Crippen LogP contribution in [0.4, 0.5) is 13.2 Å². The molecule has 1 aromatic carbocycles. The van der Waals surface area contributed by atoms with Crippen molar-refractivity contribution < 1.29 is 22.4 Å². The Labute approximate surface area is 173 Å². The second kappa shape index (κ2) is 9.69. The molecular formula is C21H25F3N4O2. The Kier molecular flexibility index (Phi) is 7.02. The van der Waals surface area contributed by atoms with Crippen LogP contribution in [0.1, 0.15) is 23.8 Å². The lowest BCUT2D eigenvalue weighted by molar-refractivity contribution is -0.137. The molecule has 1 N–H and O–H groups in total. The number of nitrogens with zero attached hydrogens (tertiary/aromatic N) is 3. The minimum absolute atomic E-state index is 0.0304. The van der Waals surface area contributed by atoms with Crippen LogP contribution in [0.15, 0.2) is 52.1 Å². The number of aliphatic imine (C=N–C) groups is 1. The van der Waals surface area contributed by atoms with Crippen molar-refractivity contribution in [2.45, 2.75) is 26.1 Å². The number of piperazine rings is 1. The first kappa shape index (κ1) is 21.7. The molecule has 1 aliphatic heterocycles. The van der Waals surface area contributed by atoms with Crippen molar-refractivity contribution in [2.75, 3.05) is 32.7 Å². The Balaban J connectivity index is 1.69. The molecule has 0 spiro atoms. The summed E-state index contributed by atoms with van der Waals surface area (Å²) < 4.78 is 44.2. The molecule has 0 saturated carbocycles. The van der Waals surface area contributed by atoms with Crippen LogP contribution in [0, 0.1) is 0 Å². The first-order chi connectivity index (χ1) is 14.3. The van der Waals surface area contributed by atoms with Crippen molar-refractivity contribution in [1.82, 2.24) is 15.1 Å². The molecule has 6 nitrogen and oxygen atoms in total. The summed E-state index contributed by atoms with van der Waals surface area (Å²) in [4.78, 5) is 19.9. The minimum atomic E-state index is -4.38. The number of carbonyl (C=O) groups excluding carboxylic acids is 1. The number of carbonyl (C=O) groups is 1. The molecule has 162 valence electrons. The quantitative estimate of drug-likeness (QED) is 0.594. The molecule has 9 heteroatoms. The lowest BCUT2D eigenvalue weighted by atomic mass is 10.1. The molecule has 0 aliphatic carbocycles. The van der Waals surface area contributed by atoms with Gasteiger partial charge in [0.2, 0.25) is 5.91 Å². The van der Waals surface area contributed by atoms with Gasteiger partial charge in [0.15, 0.2) is 5.96 Å². The minimum Gasteiger partial charge on any atom is -0.469 e. The first-order valence-corrected chi connectivity index (χ1v) is 9.80. The molecule has 0 atom stereocenters. The molecular weight excluding hydrogens is 397 g/mol. The summed E-state index contributed by atoms with van der Waals surface area (Å²) in [6.45, 7) is 4.61. The van der Waals surface area contributed by atoms with E-state index >= 15 is 0 Å². The van der Waals surface area contributed by atoms with Crippen LogP contribution in [-0.4, -0.2) is 54.4 Å². The van der Waals surface area contributed by atoms with E-state index < -0.39 is 11.7 Å². The summed E-state index contributed by atoms with van der Waals surface area (Å²) in [7, 11) is 0. The van der Waals surface area contributed by atoms with Gasteiger partial charge in [0.25, 0.3) is 0 Å². The van der Waals surface area contributed by atoms with Crippen molar-refractivity contribution in [3.63, 3.8) is 0 Å². The third-order valence-corrected chi connectivity index (χ3v) is 4.92. The van der Waals surface area contributed by atoms with E-state index in [0.29, 0.717) is 50.7 Å². The van der Waals surface area contributed by atoms with Crippen LogP contribution in [0.5, 0.6) is 0 Å². The largest absolute Gasteiger partial charge is 0.469 e. The number of guanidine groups is 1. The highest BCUT2D eigenvalue weighted by atomic mass is 19.4. The van der Waals surface area contributed by atoms with Gasteiger partial charge in [0, 0.05) is 46.1 Å². The summed E-state index contributed by atoms with van der Waals surface area (Å²) in [5.41, 5.74) is -0.199. The van der Waals surface area contributed by atoms with Crippen LogP contribution in [-0.2, 0) is 23.9 Å². The second-order valence-electron chi connectivity index (χ2n) is 7.09. The fraction of sp³-hybridized carbons (Fsp3) is 0.429. The Morgan fingerprint density at radius 3 is 2.50 bits per heavy atom. The Morgan fingerprint density at radius 2 is 1.87 bits per heavy atom. The van der Waals surface area contributed by atoms with E-state index in [1.165, 1.54) is 6.07 Å². The van der Waals surface area contributed by atoms with E-state index in [1.807, 2.05) is 17.0 Å². The van der Waals surface area contributed by atoms with Crippen LogP contribution in [0.3, 0.4) is 0 Å². The van der Waals surface area contributed by atoms with Crippen molar-refractivity contribution in [3.05, 3.63) is 59.5 Å². The van der Waals surface area contributed by atoms with E-state index in [9.17, 15) is 18.0 Å². The highest BCUT2D eigenvalue weighted by Gasteiger charge is 2.30. The van der Waals surface area contributed by atoms with E-state index in [2.05, 4.69) is 10.3 Å². The third-order valence-electron chi connectivity index (χ3n) is 4.92. The molecule has 1 fully saturated rings. The average Bonchev–Trinajstić information content (AvgIpc) is 3.24. The predicted octanol–water partition coefficient (Wildman–Crippen LogP) is 3.15. The van der Waals surface area contributed by atoms with E-state index in [-0.39, 0.29) is 12.5 Å². The zero-order chi connectivity index (χ0) is 21.6. The molecule has 3 rings (SSSR count). The summed E-state index contributed by atoms with van der Waals surface area (Å²) in [6.07, 6.45) is -2.12. The zero-order valence-electron chi connectivity index (χ0n) is 16.8. The number of halogens is 3. The van der Waals surface area contributed by atoms with Gasteiger partial charge in [-0.1, -0.05) is 12.1 Å². The summed E-state index contributed by atoms with van der Waals surface area (Å²) in [5, 5.41) is 3.28. The van der Waals surface area contributed by atoms with Gasteiger partial charge >= 0.3 is 6.18 Å². The van der Waals surface area contributed by atoms with Crippen LogP contribution >= 0.6 is 0 Å². The van der Waals surface area contributed by atoms with Gasteiger partial charge < -0.3 is 19.5 Å². The van der Waals surface area contributed by atoms with Gasteiger partial charge in [-0.05, 0) is 29.8 Å². The van der Waals surface area contributed by atoms with Crippen molar-refractivity contribution in [3.8, 4) is 0 Å².